The summed E-state index contributed by atoms with van der Waals surface area (Å²) < 4.78 is 5.81. The third-order valence-electron chi connectivity index (χ3n) is 3.92. The topological polar surface area (TPSA) is 24.5 Å². The molecule has 2 unspecified atom stereocenters. The molecule has 3 heteroatoms. The van der Waals surface area contributed by atoms with Gasteiger partial charge in [0, 0.05) is 6.04 Å². The fourth-order valence-electron chi connectivity index (χ4n) is 2.77. The van der Waals surface area contributed by atoms with Crippen LogP contribution in [0.15, 0.2) is 18.2 Å². The van der Waals surface area contributed by atoms with Crippen LogP contribution in [0, 0.1) is 0 Å². The number of rotatable bonds is 5. The summed E-state index contributed by atoms with van der Waals surface area (Å²) in [6.07, 6.45) is 1.35. The zero-order chi connectivity index (χ0) is 13.8. The Labute approximate surface area is 116 Å². The summed E-state index contributed by atoms with van der Waals surface area (Å²) >= 11 is 0. The molecule has 0 fully saturated rings. The van der Waals surface area contributed by atoms with Crippen molar-refractivity contribution < 1.29 is 4.74 Å². The normalized spacial score (nSPS) is 19.5. The Bertz CT molecular complexity index is 415. The van der Waals surface area contributed by atoms with Gasteiger partial charge < -0.3 is 15.0 Å². The Balaban J connectivity index is 2.06. The molecule has 1 N–H and O–H groups in total. The molecule has 1 aromatic rings. The zero-order valence-electron chi connectivity index (χ0n) is 12.6. The number of hydrogen-bond donors (Lipinski definition) is 1. The number of hydrogen-bond acceptors (Lipinski definition) is 3. The average Bonchev–Trinajstić information content (AvgIpc) is 2.40. The molecule has 106 valence electrons. The van der Waals surface area contributed by atoms with Crippen molar-refractivity contribution in [1.29, 1.82) is 0 Å². The van der Waals surface area contributed by atoms with E-state index >= 15 is 0 Å². The van der Waals surface area contributed by atoms with Gasteiger partial charge in [0.1, 0.15) is 11.9 Å². The van der Waals surface area contributed by atoms with Crippen LogP contribution < -0.4 is 10.1 Å². The zero-order valence-corrected chi connectivity index (χ0v) is 12.6. The quantitative estimate of drug-likeness (QED) is 0.882. The van der Waals surface area contributed by atoms with E-state index in [4.69, 9.17) is 4.74 Å². The van der Waals surface area contributed by atoms with Crippen LogP contribution in [0.1, 0.15) is 33.3 Å². The average molecular weight is 262 g/mol. The molecular formula is C16H26N2O. The summed E-state index contributed by atoms with van der Waals surface area (Å²) in [6, 6.07) is 7.11. The minimum atomic E-state index is 0.257. The van der Waals surface area contributed by atoms with Gasteiger partial charge in [-0.15, -0.1) is 0 Å². The van der Waals surface area contributed by atoms with E-state index in [1.165, 1.54) is 5.56 Å². The molecular weight excluding hydrogens is 236 g/mol. The molecule has 0 radical (unpaired) electrons. The highest BCUT2D eigenvalue weighted by atomic mass is 16.5. The summed E-state index contributed by atoms with van der Waals surface area (Å²) in [5.74, 6) is 0.984. The van der Waals surface area contributed by atoms with Crippen LogP contribution in [-0.4, -0.2) is 36.7 Å². The number of fused-ring (bicyclic) bond motifs is 1. The van der Waals surface area contributed by atoms with Gasteiger partial charge in [0.05, 0.1) is 12.2 Å². The number of benzene rings is 1. The van der Waals surface area contributed by atoms with E-state index < -0.39 is 0 Å². The molecule has 1 heterocycles. The first kappa shape index (κ1) is 14.2. The van der Waals surface area contributed by atoms with E-state index in [-0.39, 0.29) is 6.10 Å². The van der Waals surface area contributed by atoms with Crippen LogP contribution >= 0.6 is 0 Å². The van der Waals surface area contributed by atoms with Gasteiger partial charge in [0.15, 0.2) is 0 Å². The Morgan fingerprint density at radius 1 is 1.37 bits per heavy atom. The van der Waals surface area contributed by atoms with Crippen LogP contribution in [0.3, 0.4) is 0 Å². The fourth-order valence-corrected chi connectivity index (χ4v) is 2.77. The maximum Gasteiger partial charge on any atom is 0.142 e. The molecule has 2 atom stereocenters. The summed E-state index contributed by atoms with van der Waals surface area (Å²) in [4.78, 5) is 2.49. The smallest absolute Gasteiger partial charge is 0.142 e. The highest BCUT2D eigenvalue weighted by molar-refractivity contribution is 5.59. The molecule has 2 rings (SSSR count). The fraction of sp³-hybridized carbons (Fsp3) is 0.625. The summed E-state index contributed by atoms with van der Waals surface area (Å²) in [5.41, 5.74) is 2.52. The number of nitrogens with zero attached hydrogens (tertiary/aromatic N) is 1. The minimum Gasteiger partial charge on any atom is -0.487 e. The van der Waals surface area contributed by atoms with Gasteiger partial charge in [-0.1, -0.05) is 19.9 Å². The predicted molar refractivity (Wildman–Crippen MR) is 81.1 cm³/mol. The van der Waals surface area contributed by atoms with Crippen molar-refractivity contribution in [1.82, 2.24) is 4.90 Å². The van der Waals surface area contributed by atoms with E-state index in [2.05, 4.69) is 56.1 Å². The third kappa shape index (κ3) is 3.41. The van der Waals surface area contributed by atoms with Crippen molar-refractivity contribution in [3.63, 3.8) is 0 Å². The molecule has 0 saturated heterocycles. The molecule has 0 saturated carbocycles. The summed E-state index contributed by atoms with van der Waals surface area (Å²) in [7, 11) is 0. The van der Waals surface area contributed by atoms with Crippen LogP contribution in [0.25, 0.3) is 0 Å². The Morgan fingerprint density at radius 2 is 2.11 bits per heavy atom. The van der Waals surface area contributed by atoms with Crippen LogP contribution in [0.2, 0.25) is 0 Å². The second-order valence-electron chi connectivity index (χ2n) is 5.41. The van der Waals surface area contributed by atoms with Crippen LogP contribution in [0.5, 0.6) is 5.75 Å². The molecule has 3 nitrogen and oxygen atoms in total. The van der Waals surface area contributed by atoms with Crippen molar-refractivity contribution in [2.75, 3.05) is 25.0 Å². The lowest BCUT2D eigenvalue weighted by molar-refractivity contribution is 0.224. The lowest BCUT2D eigenvalue weighted by Crippen LogP contribution is -2.34. The Morgan fingerprint density at radius 3 is 2.79 bits per heavy atom. The second-order valence-corrected chi connectivity index (χ2v) is 5.41. The Hall–Kier alpha value is -1.22. The van der Waals surface area contributed by atoms with E-state index in [1.807, 2.05) is 0 Å². The van der Waals surface area contributed by atoms with Crippen molar-refractivity contribution in [2.24, 2.45) is 0 Å². The molecule has 0 bridgehead atoms. The molecule has 1 aliphatic heterocycles. The van der Waals surface area contributed by atoms with Gasteiger partial charge in [0.25, 0.3) is 0 Å². The predicted octanol–water partition coefficient (Wildman–Crippen LogP) is 3.15. The molecule has 0 aromatic heterocycles. The number of anilines is 1. The summed E-state index contributed by atoms with van der Waals surface area (Å²) in [6.45, 7) is 12.0. The van der Waals surface area contributed by atoms with Gasteiger partial charge >= 0.3 is 0 Å². The van der Waals surface area contributed by atoms with Gasteiger partial charge in [-0.25, -0.2) is 0 Å². The second kappa shape index (κ2) is 6.29. The molecule has 19 heavy (non-hydrogen) atoms. The molecule has 0 aliphatic carbocycles. The van der Waals surface area contributed by atoms with Crippen LogP contribution in [-0.2, 0) is 6.42 Å². The Kier molecular flexibility index (Phi) is 4.70. The molecule has 1 aliphatic rings. The number of nitrogens with one attached hydrogen (secondary N) is 1. The first-order chi connectivity index (χ1) is 9.13. The molecule has 1 aromatic carbocycles. The highest BCUT2D eigenvalue weighted by Gasteiger charge is 2.17. The highest BCUT2D eigenvalue weighted by Crippen LogP contribution is 2.30. The van der Waals surface area contributed by atoms with Crippen molar-refractivity contribution in [3.8, 4) is 5.75 Å². The number of likely N-dealkylation sites (N-methyl/N-ethyl adjacent to an activating group) is 1. The van der Waals surface area contributed by atoms with Crippen molar-refractivity contribution in [2.45, 2.75) is 46.3 Å². The maximum atomic E-state index is 5.81. The van der Waals surface area contributed by atoms with Crippen molar-refractivity contribution >= 4 is 5.69 Å². The minimum absolute atomic E-state index is 0.257. The lowest BCUT2D eigenvalue weighted by Gasteiger charge is -2.28. The van der Waals surface area contributed by atoms with Gasteiger partial charge in [-0.3, -0.25) is 0 Å². The largest absolute Gasteiger partial charge is 0.487 e. The lowest BCUT2D eigenvalue weighted by atomic mass is 10.0. The van der Waals surface area contributed by atoms with Gasteiger partial charge in [-0.2, -0.15) is 0 Å². The SMILES string of the molecule is CCN(CC)C(C)Cc1ccc2c(c1)NCC(C)O2. The first-order valence-electron chi connectivity index (χ1n) is 7.41. The third-order valence-corrected chi connectivity index (χ3v) is 3.92. The van der Waals surface area contributed by atoms with E-state index in [0.717, 1.165) is 37.5 Å². The standard InChI is InChI=1S/C16H26N2O/c1-5-18(6-2)12(3)9-14-7-8-16-15(10-14)17-11-13(4)19-16/h7-8,10,12-13,17H,5-6,9,11H2,1-4H3. The van der Waals surface area contributed by atoms with Crippen molar-refractivity contribution in [3.05, 3.63) is 23.8 Å². The molecule has 0 spiro atoms. The van der Waals surface area contributed by atoms with Crippen LogP contribution in [0.4, 0.5) is 5.69 Å². The van der Waals surface area contributed by atoms with E-state index in [0.29, 0.717) is 6.04 Å². The first-order valence-corrected chi connectivity index (χ1v) is 7.41. The maximum absolute atomic E-state index is 5.81. The van der Waals surface area contributed by atoms with Gasteiger partial charge in [-0.05, 0) is 51.1 Å². The molecule has 0 amide bonds. The monoisotopic (exact) mass is 262 g/mol. The summed E-state index contributed by atoms with van der Waals surface area (Å²) in [5, 5.41) is 3.44. The number of ether oxygens (including phenoxy) is 1. The van der Waals surface area contributed by atoms with E-state index in [9.17, 15) is 0 Å². The van der Waals surface area contributed by atoms with Gasteiger partial charge in [0.2, 0.25) is 0 Å². The van der Waals surface area contributed by atoms with E-state index in [1.54, 1.807) is 0 Å².